The van der Waals surface area contributed by atoms with Crippen molar-refractivity contribution in [3.05, 3.63) is 101 Å². The molecule has 2 amide bonds. The van der Waals surface area contributed by atoms with Crippen LogP contribution in [0.25, 0.3) is 5.57 Å². The summed E-state index contributed by atoms with van der Waals surface area (Å²) in [5, 5.41) is 3.19. The minimum atomic E-state index is -0.355. The normalized spacial score (nSPS) is 13.7. The van der Waals surface area contributed by atoms with Crippen LogP contribution < -0.4 is 10.1 Å². The summed E-state index contributed by atoms with van der Waals surface area (Å²) in [4.78, 5) is 28.1. The van der Waals surface area contributed by atoms with Crippen LogP contribution in [0.1, 0.15) is 22.3 Å². The van der Waals surface area contributed by atoms with Crippen LogP contribution in [-0.2, 0) is 16.1 Å². The molecule has 156 valence electrons. The van der Waals surface area contributed by atoms with Crippen LogP contribution in [0.2, 0.25) is 0 Å². The van der Waals surface area contributed by atoms with Crippen molar-refractivity contribution in [2.24, 2.45) is 0 Å². The van der Waals surface area contributed by atoms with Gasteiger partial charge in [-0.15, -0.1) is 0 Å². The van der Waals surface area contributed by atoms with E-state index in [0.717, 1.165) is 22.4 Å². The molecule has 0 spiro atoms. The molecular weight excluding hydrogens is 388 g/mol. The van der Waals surface area contributed by atoms with Gasteiger partial charge in [0, 0.05) is 11.3 Å². The van der Waals surface area contributed by atoms with Gasteiger partial charge in [-0.25, -0.2) is 0 Å². The fraction of sp³-hybridized carbons (Fsp3) is 0.154. The molecule has 3 aromatic carbocycles. The summed E-state index contributed by atoms with van der Waals surface area (Å²) in [5.74, 6) is -0.157. The number of para-hydroxylation sites is 1. The Morgan fingerprint density at radius 2 is 1.42 bits per heavy atom. The minimum absolute atomic E-state index is 0.204. The average Bonchev–Trinajstić information content (AvgIpc) is 3.00. The highest BCUT2D eigenvalue weighted by molar-refractivity contribution is 6.36. The standard InChI is InChI=1S/C26H24N2O3/c1-17-8-12-19(13-9-17)16-28-25(29)23(21-6-4-5-7-22(21)31-3)24(26(28)30)27-20-14-10-18(2)11-15-20/h4-15,27H,16H2,1-3H3. The Bertz CT molecular complexity index is 1160. The highest BCUT2D eigenvalue weighted by Crippen LogP contribution is 2.35. The van der Waals surface area contributed by atoms with Gasteiger partial charge in [0.1, 0.15) is 11.4 Å². The zero-order valence-corrected chi connectivity index (χ0v) is 17.8. The van der Waals surface area contributed by atoms with Gasteiger partial charge in [-0.3, -0.25) is 14.5 Å². The second-order valence-electron chi connectivity index (χ2n) is 7.62. The molecule has 0 saturated carbocycles. The smallest absolute Gasteiger partial charge is 0.278 e. The molecule has 5 heteroatoms. The van der Waals surface area contributed by atoms with Gasteiger partial charge in [-0.2, -0.15) is 0 Å². The Hall–Kier alpha value is -3.86. The molecule has 0 aliphatic carbocycles. The lowest BCUT2D eigenvalue weighted by atomic mass is 10.0. The lowest BCUT2D eigenvalue weighted by Gasteiger charge is -2.16. The molecular formula is C26H24N2O3. The van der Waals surface area contributed by atoms with Gasteiger partial charge in [0.2, 0.25) is 0 Å². The van der Waals surface area contributed by atoms with Crippen molar-refractivity contribution in [2.45, 2.75) is 20.4 Å². The summed E-state index contributed by atoms with van der Waals surface area (Å²) < 4.78 is 5.48. The van der Waals surface area contributed by atoms with E-state index >= 15 is 0 Å². The molecule has 0 atom stereocenters. The van der Waals surface area contributed by atoms with Crippen LogP contribution in [0.15, 0.2) is 78.5 Å². The van der Waals surface area contributed by atoms with Crippen LogP contribution in [0.4, 0.5) is 5.69 Å². The molecule has 0 aromatic heterocycles. The second-order valence-corrected chi connectivity index (χ2v) is 7.62. The number of hydrogen-bond acceptors (Lipinski definition) is 4. The largest absolute Gasteiger partial charge is 0.496 e. The van der Waals surface area contributed by atoms with Gasteiger partial charge >= 0.3 is 0 Å². The number of aryl methyl sites for hydroxylation is 2. The monoisotopic (exact) mass is 412 g/mol. The number of rotatable bonds is 6. The number of carbonyl (C=O) groups excluding carboxylic acids is 2. The van der Waals surface area contributed by atoms with Crippen molar-refractivity contribution < 1.29 is 14.3 Å². The predicted molar refractivity (Wildman–Crippen MR) is 121 cm³/mol. The summed E-state index contributed by atoms with van der Waals surface area (Å²) in [6, 6.07) is 22.8. The van der Waals surface area contributed by atoms with Gasteiger partial charge in [-0.1, -0.05) is 65.7 Å². The molecule has 0 radical (unpaired) electrons. The Balaban J connectivity index is 1.76. The second kappa shape index (κ2) is 8.48. The number of carbonyl (C=O) groups is 2. The number of benzene rings is 3. The maximum Gasteiger partial charge on any atom is 0.278 e. The summed E-state index contributed by atoms with van der Waals surface area (Å²) in [6.45, 7) is 4.20. The highest BCUT2D eigenvalue weighted by Gasteiger charge is 2.40. The number of nitrogens with zero attached hydrogens (tertiary/aromatic N) is 1. The Morgan fingerprint density at radius 3 is 2.06 bits per heavy atom. The van der Waals surface area contributed by atoms with Crippen LogP contribution >= 0.6 is 0 Å². The lowest BCUT2D eigenvalue weighted by Crippen LogP contribution is -2.32. The number of nitrogens with one attached hydrogen (secondary N) is 1. The van der Waals surface area contributed by atoms with Gasteiger partial charge in [0.05, 0.1) is 19.2 Å². The maximum absolute atomic E-state index is 13.5. The van der Waals surface area contributed by atoms with E-state index in [9.17, 15) is 9.59 Å². The van der Waals surface area contributed by atoms with Gasteiger partial charge < -0.3 is 10.1 Å². The van der Waals surface area contributed by atoms with Crippen LogP contribution in [0.5, 0.6) is 5.75 Å². The number of hydrogen-bond donors (Lipinski definition) is 1. The van der Waals surface area contributed by atoms with Crippen molar-refractivity contribution in [1.29, 1.82) is 0 Å². The first kappa shape index (κ1) is 20.4. The molecule has 0 fully saturated rings. The molecule has 31 heavy (non-hydrogen) atoms. The van der Waals surface area contributed by atoms with Crippen LogP contribution in [0.3, 0.4) is 0 Å². The molecule has 1 aliphatic heterocycles. The number of ether oxygens (including phenoxy) is 1. The Morgan fingerprint density at radius 1 is 0.806 bits per heavy atom. The predicted octanol–water partition coefficient (Wildman–Crippen LogP) is 4.70. The topological polar surface area (TPSA) is 58.6 Å². The molecule has 0 unspecified atom stereocenters. The first-order valence-electron chi connectivity index (χ1n) is 10.1. The molecule has 1 heterocycles. The molecule has 1 aliphatic rings. The van der Waals surface area contributed by atoms with E-state index in [2.05, 4.69) is 5.32 Å². The number of anilines is 1. The third-order valence-corrected chi connectivity index (χ3v) is 5.33. The van der Waals surface area contributed by atoms with Crippen LogP contribution in [-0.4, -0.2) is 23.8 Å². The number of methoxy groups -OCH3 is 1. The van der Waals surface area contributed by atoms with Gasteiger partial charge in [-0.05, 0) is 37.6 Å². The summed E-state index contributed by atoms with van der Waals surface area (Å²) >= 11 is 0. The van der Waals surface area contributed by atoms with Crippen molar-refractivity contribution in [1.82, 2.24) is 4.90 Å². The number of imide groups is 1. The maximum atomic E-state index is 13.5. The van der Waals surface area contributed by atoms with E-state index < -0.39 is 0 Å². The zero-order chi connectivity index (χ0) is 22.0. The third kappa shape index (κ3) is 4.08. The first-order valence-corrected chi connectivity index (χ1v) is 10.1. The van der Waals surface area contributed by atoms with E-state index in [-0.39, 0.29) is 24.1 Å². The van der Waals surface area contributed by atoms with Gasteiger partial charge in [0.15, 0.2) is 0 Å². The third-order valence-electron chi connectivity index (χ3n) is 5.33. The SMILES string of the molecule is COc1ccccc1C1=C(Nc2ccc(C)cc2)C(=O)N(Cc2ccc(C)cc2)C1=O. The van der Waals surface area contributed by atoms with Crippen molar-refractivity contribution in [2.75, 3.05) is 12.4 Å². The fourth-order valence-corrected chi connectivity index (χ4v) is 3.59. The van der Waals surface area contributed by atoms with E-state index in [1.807, 2.05) is 74.5 Å². The fourth-order valence-electron chi connectivity index (χ4n) is 3.59. The quantitative estimate of drug-likeness (QED) is 0.596. The van der Waals surface area contributed by atoms with E-state index in [1.54, 1.807) is 19.2 Å². The molecule has 0 bridgehead atoms. The molecule has 3 aromatic rings. The molecule has 1 N–H and O–H groups in total. The Labute approximate surface area is 182 Å². The molecule has 4 rings (SSSR count). The van der Waals surface area contributed by atoms with E-state index in [1.165, 1.54) is 4.90 Å². The summed E-state index contributed by atoms with van der Waals surface area (Å²) in [6.07, 6.45) is 0. The molecule has 5 nitrogen and oxygen atoms in total. The van der Waals surface area contributed by atoms with Crippen molar-refractivity contribution in [3.63, 3.8) is 0 Å². The van der Waals surface area contributed by atoms with E-state index in [4.69, 9.17) is 4.74 Å². The Kier molecular flexibility index (Phi) is 5.58. The van der Waals surface area contributed by atoms with Crippen molar-refractivity contribution in [3.8, 4) is 5.75 Å². The zero-order valence-electron chi connectivity index (χ0n) is 17.8. The average molecular weight is 412 g/mol. The van der Waals surface area contributed by atoms with Crippen LogP contribution in [0, 0.1) is 13.8 Å². The van der Waals surface area contributed by atoms with Crippen molar-refractivity contribution >= 4 is 23.1 Å². The number of amides is 2. The van der Waals surface area contributed by atoms with Gasteiger partial charge in [0.25, 0.3) is 11.8 Å². The van der Waals surface area contributed by atoms with E-state index in [0.29, 0.717) is 16.9 Å². The molecule has 0 saturated heterocycles. The highest BCUT2D eigenvalue weighted by atomic mass is 16.5. The first-order chi connectivity index (χ1) is 15.0. The summed E-state index contributed by atoms with van der Waals surface area (Å²) in [7, 11) is 1.55. The minimum Gasteiger partial charge on any atom is -0.496 e. The summed E-state index contributed by atoms with van der Waals surface area (Å²) in [5.41, 5.74) is 5.02. The lowest BCUT2D eigenvalue weighted by molar-refractivity contribution is -0.137.